The first kappa shape index (κ1) is 16.8. The zero-order valence-electron chi connectivity index (χ0n) is 13.2. The fourth-order valence-electron chi connectivity index (χ4n) is 2.62. The number of nitrogens with zero attached hydrogens (tertiary/aromatic N) is 3. The number of carbonyl (C=O) groups excluding carboxylic acids is 1. The Bertz CT molecular complexity index is 562. The van der Waals surface area contributed by atoms with E-state index in [0.717, 1.165) is 37.6 Å². The van der Waals surface area contributed by atoms with E-state index in [1.807, 2.05) is 29.2 Å². The molecule has 0 N–H and O–H groups in total. The third-order valence-corrected chi connectivity index (χ3v) is 4.26. The van der Waals surface area contributed by atoms with Gasteiger partial charge in [-0.15, -0.1) is 0 Å². The van der Waals surface area contributed by atoms with Crippen LogP contribution in [0.3, 0.4) is 0 Å². The van der Waals surface area contributed by atoms with Crippen molar-refractivity contribution in [2.75, 3.05) is 26.2 Å². The van der Waals surface area contributed by atoms with Crippen molar-refractivity contribution in [1.82, 2.24) is 9.80 Å². The van der Waals surface area contributed by atoms with E-state index in [-0.39, 0.29) is 5.91 Å². The van der Waals surface area contributed by atoms with E-state index in [1.165, 1.54) is 5.56 Å². The summed E-state index contributed by atoms with van der Waals surface area (Å²) in [6, 6.07) is 9.98. The summed E-state index contributed by atoms with van der Waals surface area (Å²) in [6.07, 6.45) is 0.931. The number of rotatable bonds is 3. The smallest absolute Gasteiger partial charge is 0.242 e. The fourth-order valence-corrected chi connectivity index (χ4v) is 2.75. The lowest BCUT2D eigenvalue weighted by atomic mass is 9.94. The molecule has 1 heterocycles. The van der Waals surface area contributed by atoms with Crippen LogP contribution < -0.4 is 0 Å². The molecule has 0 saturated carbocycles. The first-order valence-electron chi connectivity index (χ1n) is 7.60. The molecule has 22 heavy (non-hydrogen) atoms. The van der Waals surface area contributed by atoms with E-state index in [0.29, 0.717) is 6.54 Å². The van der Waals surface area contributed by atoms with Crippen LogP contribution in [0.15, 0.2) is 24.3 Å². The van der Waals surface area contributed by atoms with Gasteiger partial charge in [0.15, 0.2) is 0 Å². The quantitative estimate of drug-likeness (QED) is 0.860. The fraction of sp³-hybridized carbons (Fsp3) is 0.529. The Kier molecular flexibility index (Phi) is 5.44. The molecule has 1 fully saturated rings. The lowest BCUT2D eigenvalue weighted by Crippen LogP contribution is -2.42. The summed E-state index contributed by atoms with van der Waals surface area (Å²) >= 11 is 5.91. The van der Waals surface area contributed by atoms with Gasteiger partial charge in [0.1, 0.15) is 5.41 Å². The van der Waals surface area contributed by atoms with Crippen molar-refractivity contribution >= 4 is 17.5 Å². The molecule has 1 aromatic rings. The highest BCUT2D eigenvalue weighted by Crippen LogP contribution is 2.19. The van der Waals surface area contributed by atoms with Crippen molar-refractivity contribution in [1.29, 1.82) is 5.26 Å². The highest BCUT2D eigenvalue weighted by atomic mass is 35.5. The number of benzene rings is 1. The topological polar surface area (TPSA) is 47.3 Å². The molecule has 5 heteroatoms. The van der Waals surface area contributed by atoms with Crippen LogP contribution >= 0.6 is 11.6 Å². The standard InChI is InChI=1S/C17H22ClN3O/c1-17(2,13-19)16(22)21-9-3-8-20(10-11-21)12-14-4-6-15(18)7-5-14/h4-7H,3,8-12H2,1-2H3. The molecule has 0 radical (unpaired) electrons. The number of nitriles is 1. The number of hydrogen-bond acceptors (Lipinski definition) is 3. The number of halogens is 1. The van der Waals surface area contributed by atoms with Crippen LogP contribution in [0.4, 0.5) is 0 Å². The number of hydrogen-bond donors (Lipinski definition) is 0. The molecular formula is C17H22ClN3O. The average molecular weight is 320 g/mol. The molecule has 0 atom stereocenters. The molecule has 0 spiro atoms. The van der Waals surface area contributed by atoms with Gasteiger partial charge in [-0.3, -0.25) is 9.69 Å². The van der Waals surface area contributed by atoms with E-state index < -0.39 is 5.41 Å². The van der Waals surface area contributed by atoms with Gasteiger partial charge in [0.05, 0.1) is 6.07 Å². The molecule has 0 unspecified atom stereocenters. The first-order chi connectivity index (χ1) is 10.4. The molecule has 0 aromatic heterocycles. The second-order valence-corrected chi connectivity index (χ2v) is 6.72. The molecular weight excluding hydrogens is 298 g/mol. The molecule has 118 valence electrons. The van der Waals surface area contributed by atoms with Crippen molar-refractivity contribution in [3.8, 4) is 6.07 Å². The van der Waals surface area contributed by atoms with Crippen LogP contribution in [0, 0.1) is 16.7 Å². The van der Waals surface area contributed by atoms with E-state index in [2.05, 4.69) is 11.0 Å². The number of carbonyl (C=O) groups is 1. The first-order valence-corrected chi connectivity index (χ1v) is 7.97. The van der Waals surface area contributed by atoms with E-state index >= 15 is 0 Å². The minimum Gasteiger partial charge on any atom is -0.340 e. The van der Waals surface area contributed by atoms with Crippen LogP contribution in [-0.2, 0) is 11.3 Å². The minimum atomic E-state index is -0.939. The zero-order chi connectivity index (χ0) is 16.2. The summed E-state index contributed by atoms with van der Waals surface area (Å²) in [5.74, 6) is -0.0663. The van der Waals surface area contributed by atoms with Crippen LogP contribution in [0.5, 0.6) is 0 Å². The van der Waals surface area contributed by atoms with E-state index in [4.69, 9.17) is 16.9 Å². The van der Waals surface area contributed by atoms with Gasteiger partial charge < -0.3 is 4.90 Å². The van der Waals surface area contributed by atoms with Crippen molar-refractivity contribution in [2.45, 2.75) is 26.8 Å². The van der Waals surface area contributed by atoms with Gasteiger partial charge in [-0.1, -0.05) is 23.7 Å². The highest BCUT2D eigenvalue weighted by Gasteiger charge is 2.32. The Labute approximate surface area is 137 Å². The van der Waals surface area contributed by atoms with Crippen LogP contribution in [0.1, 0.15) is 25.8 Å². The maximum atomic E-state index is 12.4. The Morgan fingerprint density at radius 2 is 1.91 bits per heavy atom. The minimum absolute atomic E-state index is 0.0663. The van der Waals surface area contributed by atoms with Gasteiger partial charge in [0, 0.05) is 37.7 Å². The van der Waals surface area contributed by atoms with Gasteiger partial charge >= 0.3 is 0 Å². The van der Waals surface area contributed by atoms with Gasteiger partial charge in [-0.25, -0.2) is 0 Å². The second kappa shape index (κ2) is 7.13. The summed E-state index contributed by atoms with van der Waals surface area (Å²) in [4.78, 5) is 16.5. The Morgan fingerprint density at radius 1 is 1.23 bits per heavy atom. The molecule has 0 aliphatic carbocycles. The van der Waals surface area contributed by atoms with Gasteiger partial charge in [-0.2, -0.15) is 5.26 Å². The summed E-state index contributed by atoms with van der Waals surface area (Å²) in [6.45, 7) is 7.42. The number of amides is 1. The third-order valence-electron chi connectivity index (χ3n) is 4.01. The summed E-state index contributed by atoms with van der Waals surface area (Å²) < 4.78 is 0. The van der Waals surface area contributed by atoms with Gasteiger partial charge in [0.2, 0.25) is 5.91 Å². The van der Waals surface area contributed by atoms with Crippen molar-refractivity contribution in [3.05, 3.63) is 34.9 Å². The molecule has 2 rings (SSSR count). The molecule has 1 amide bonds. The Balaban J connectivity index is 1.94. The van der Waals surface area contributed by atoms with Crippen molar-refractivity contribution in [3.63, 3.8) is 0 Å². The SMILES string of the molecule is CC(C)(C#N)C(=O)N1CCCN(Cc2ccc(Cl)cc2)CC1. The predicted molar refractivity (Wildman–Crippen MR) is 87.3 cm³/mol. The summed E-state index contributed by atoms with van der Waals surface area (Å²) in [7, 11) is 0. The lowest BCUT2D eigenvalue weighted by molar-refractivity contribution is -0.137. The molecule has 1 aromatic carbocycles. The highest BCUT2D eigenvalue weighted by molar-refractivity contribution is 6.30. The van der Waals surface area contributed by atoms with Gasteiger partial charge in [-0.05, 0) is 38.0 Å². The van der Waals surface area contributed by atoms with Gasteiger partial charge in [0.25, 0.3) is 0 Å². The molecule has 1 aliphatic rings. The van der Waals surface area contributed by atoms with Crippen LogP contribution in [0.25, 0.3) is 0 Å². The maximum Gasteiger partial charge on any atom is 0.242 e. The largest absolute Gasteiger partial charge is 0.340 e. The third kappa shape index (κ3) is 4.22. The average Bonchev–Trinajstić information content (AvgIpc) is 2.74. The Morgan fingerprint density at radius 3 is 2.55 bits per heavy atom. The summed E-state index contributed by atoms with van der Waals surface area (Å²) in [5, 5.41) is 9.86. The van der Waals surface area contributed by atoms with Crippen molar-refractivity contribution < 1.29 is 4.79 Å². The summed E-state index contributed by atoms with van der Waals surface area (Å²) in [5.41, 5.74) is 0.285. The lowest BCUT2D eigenvalue weighted by Gasteiger charge is -2.26. The van der Waals surface area contributed by atoms with E-state index in [1.54, 1.807) is 13.8 Å². The van der Waals surface area contributed by atoms with Crippen LogP contribution in [-0.4, -0.2) is 41.9 Å². The zero-order valence-corrected chi connectivity index (χ0v) is 13.9. The van der Waals surface area contributed by atoms with E-state index in [9.17, 15) is 4.79 Å². The molecule has 4 nitrogen and oxygen atoms in total. The molecule has 1 saturated heterocycles. The monoisotopic (exact) mass is 319 g/mol. The second-order valence-electron chi connectivity index (χ2n) is 6.29. The van der Waals surface area contributed by atoms with Crippen molar-refractivity contribution in [2.24, 2.45) is 5.41 Å². The maximum absolute atomic E-state index is 12.4. The van der Waals surface area contributed by atoms with Crippen LogP contribution in [0.2, 0.25) is 5.02 Å². The molecule has 1 aliphatic heterocycles. The Hall–Kier alpha value is -1.57. The molecule has 0 bridgehead atoms. The normalized spacial score (nSPS) is 16.9. The predicted octanol–water partition coefficient (Wildman–Crippen LogP) is 2.92.